The lowest BCUT2D eigenvalue weighted by Crippen LogP contribution is -2.50. The molecule has 6 heteroatoms. The number of fused-ring (bicyclic) bond motifs is 1. The van der Waals surface area contributed by atoms with Crippen molar-refractivity contribution in [3.63, 3.8) is 0 Å². The van der Waals surface area contributed by atoms with Gasteiger partial charge in [-0.05, 0) is 42.7 Å². The summed E-state index contributed by atoms with van der Waals surface area (Å²) in [5, 5.41) is 0.656. The Kier molecular flexibility index (Phi) is 4.72. The van der Waals surface area contributed by atoms with Crippen LogP contribution in [0.1, 0.15) is 18.4 Å². The van der Waals surface area contributed by atoms with Gasteiger partial charge in [0.2, 0.25) is 11.8 Å². The lowest BCUT2D eigenvalue weighted by molar-refractivity contribution is -0.138. The highest BCUT2D eigenvalue weighted by Gasteiger charge is 2.34. The van der Waals surface area contributed by atoms with Gasteiger partial charge in [0.05, 0.1) is 0 Å². The van der Waals surface area contributed by atoms with E-state index in [-0.39, 0.29) is 17.7 Å². The summed E-state index contributed by atoms with van der Waals surface area (Å²) in [7, 11) is 0. The molecule has 0 aromatic heterocycles. The Morgan fingerprint density at radius 3 is 2.58 bits per heavy atom. The zero-order valence-corrected chi connectivity index (χ0v) is 15.2. The van der Waals surface area contributed by atoms with E-state index < -0.39 is 0 Å². The van der Waals surface area contributed by atoms with E-state index in [2.05, 4.69) is 0 Å². The maximum absolute atomic E-state index is 12.4. The summed E-state index contributed by atoms with van der Waals surface area (Å²) >= 11 is 6.02. The molecule has 1 aliphatic carbocycles. The fourth-order valence-electron chi connectivity index (χ4n) is 3.28. The number of amides is 2. The molecule has 136 valence electrons. The average molecular weight is 373 g/mol. The van der Waals surface area contributed by atoms with E-state index in [1.807, 2.05) is 23.1 Å². The molecule has 2 fully saturated rings. The van der Waals surface area contributed by atoms with Crippen LogP contribution in [-0.2, 0) is 9.59 Å². The zero-order chi connectivity index (χ0) is 18.1. The van der Waals surface area contributed by atoms with E-state index in [1.54, 1.807) is 23.1 Å². The molecule has 0 N–H and O–H groups in total. The minimum atomic E-state index is -0.0266. The van der Waals surface area contributed by atoms with Crippen LogP contribution in [0, 0.1) is 5.92 Å². The zero-order valence-electron chi connectivity index (χ0n) is 14.5. The third-order valence-corrected chi connectivity index (χ3v) is 5.21. The molecule has 5 nitrogen and oxygen atoms in total. The normalized spacial score (nSPS) is 19.8. The first-order valence-electron chi connectivity index (χ1n) is 8.99. The standard InChI is InChI=1S/C20H21ClN2O3/c21-17-4-5-18-16(12-17)11-14(13-26-18)1-6-19(24)22-7-9-23(10-8-22)20(25)15-2-3-15/h1,4-6,11-12,15H,2-3,7-10,13H2. The maximum atomic E-state index is 12.4. The Morgan fingerprint density at radius 1 is 1.12 bits per heavy atom. The largest absolute Gasteiger partial charge is 0.488 e. The highest BCUT2D eigenvalue weighted by atomic mass is 35.5. The number of hydrogen-bond acceptors (Lipinski definition) is 3. The predicted molar refractivity (Wildman–Crippen MR) is 99.9 cm³/mol. The van der Waals surface area contributed by atoms with Crippen LogP contribution < -0.4 is 4.74 Å². The number of ether oxygens (including phenoxy) is 1. The first-order valence-corrected chi connectivity index (χ1v) is 9.36. The Morgan fingerprint density at radius 2 is 1.85 bits per heavy atom. The molecule has 1 aromatic rings. The molecule has 0 bridgehead atoms. The molecule has 1 saturated heterocycles. The van der Waals surface area contributed by atoms with Gasteiger partial charge in [-0.1, -0.05) is 17.7 Å². The van der Waals surface area contributed by atoms with E-state index >= 15 is 0 Å². The van der Waals surface area contributed by atoms with Gasteiger partial charge in [-0.2, -0.15) is 0 Å². The van der Waals surface area contributed by atoms with E-state index in [0.29, 0.717) is 37.8 Å². The van der Waals surface area contributed by atoms with Crippen LogP contribution in [0.25, 0.3) is 6.08 Å². The van der Waals surface area contributed by atoms with Crippen LogP contribution in [0.4, 0.5) is 0 Å². The molecule has 0 atom stereocenters. The summed E-state index contributed by atoms with van der Waals surface area (Å²) in [5.74, 6) is 1.27. The van der Waals surface area contributed by atoms with E-state index in [9.17, 15) is 9.59 Å². The first kappa shape index (κ1) is 17.2. The number of carbonyl (C=O) groups excluding carboxylic acids is 2. The lowest BCUT2D eigenvalue weighted by Gasteiger charge is -2.34. The summed E-state index contributed by atoms with van der Waals surface area (Å²) in [6.45, 7) is 2.88. The minimum absolute atomic E-state index is 0.0266. The Hall–Kier alpha value is -2.27. The summed E-state index contributed by atoms with van der Waals surface area (Å²) in [6, 6.07) is 5.50. The van der Waals surface area contributed by atoms with Crippen LogP contribution in [0.5, 0.6) is 5.75 Å². The molecular weight excluding hydrogens is 352 g/mol. The van der Waals surface area contributed by atoms with Crippen molar-refractivity contribution in [2.75, 3.05) is 32.8 Å². The quantitative estimate of drug-likeness (QED) is 0.766. The molecule has 1 aromatic carbocycles. The average Bonchev–Trinajstić information content (AvgIpc) is 3.50. The van der Waals surface area contributed by atoms with Crippen molar-refractivity contribution in [2.24, 2.45) is 5.92 Å². The third kappa shape index (κ3) is 3.78. The molecular formula is C20H21ClN2O3. The smallest absolute Gasteiger partial charge is 0.246 e. The lowest BCUT2D eigenvalue weighted by atomic mass is 10.1. The molecule has 3 aliphatic rings. The molecule has 2 heterocycles. The highest BCUT2D eigenvalue weighted by molar-refractivity contribution is 6.30. The van der Waals surface area contributed by atoms with Gasteiger partial charge in [0.25, 0.3) is 0 Å². The number of halogens is 1. The number of nitrogens with zero attached hydrogens (tertiary/aromatic N) is 2. The summed E-state index contributed by atoms with van der Waals surface area (Å²) in [5.41, 5.74) is 1.85. The number of carbonyl (C=O) groups is 2. The molecule has 0 unspecified atom stereocenters. The van der Waals surface area contributed by atoms with E-state index in [4.69, 9.17) is 16.3 Å². The summed E-state index contributed by atoms with van der Waals surface area (Å²) in [4.78, 5) is 28.2. The SMILES string of the molecule is O=C(C=CC1=Cc2cc(Cl)ccc2OC1)N1CCN(C(=O)C2CC2)CC1. The Balaban J connectivity index is 1.34. The number of rotatable bonds is 3. The first-order chi connectivity index (χ1) is 12.6. The van der Waals surface area contributed by atoms with Crippen molar-refractivity contribution in [2.45, 2.75) is 12.8 Å². The van der Waals surface area contributed by atoms with Gasteiger partial charge in [-0.3, -0.25) is 9.59 Å². The third-order valence-electron chi connectivity index (χ3n) is 4.98. The Labute approximate surface area is 157 Å². The second-order valence-corrected chi connectivity index (χ2v) is 7.38. The van der Waals surface area contributed by atoms with E-state index in [0.717, 1.165) is 29.7 Å². The van der Waals surface area contributed by atoms with Gasteiger partial charge in [-0.25, -0.2) is 0 Å². The van der Waals surface area contributed by atoms with Crippen molar-refractivity contribution >= 4 is 29.5 Å². The van der Waals surface area contributed by atoms with Gasteiger partial charge in [0.1, 0.15) is 12.4 Å². The second-order valence-electron chi connectivity index (χ2n) is 6.95. The van der Waals surface area contributed by atoms with Crippen molar-refractivity contribution in [1.82, 2.24) is 9.80 Å². The number of benzene rings is 1. The van der Waals surface area contributed by atoms with E-state index in [1.165, 1.54) is 0 Å². The Bertz CT molecular complexity index is 790. The molecule has 26 heavy (non-hydrogen) atoms. The number of piperazine rings is 1. The predicted octanol–water partition coefficient (Wildman–Crippen LogP) is 2.75. The summed E-state index contributed by atoms with van der Waals surface area (Å²) < 4.78 is 5.69. The second kappa shape index (κ2) is 7.16. The van der Waals surface area contributed by atoms with Crippen LogP contribution in [0.3, 0.4) is 0 Å². The van der Waals surface area contributed by atoms with Crippen LogP contribution in [-0.4, -0.2) is 54.4 Å². The van der Waals surface area contributed by atoms with Crippen molar-refractivity contribution in [3.8, 4) is 5.75 Å². The van der Waals surface area contributed by atoms with Gasteiger partial charge in [-0.15, -0.1) is 0 Å². The summed E-state index contributed by atoms with van der Waals surface area (Å²) in [6.07, 6.45) is 7.41. The van der Waals surface area contributed by atoms with Crippen molar-refractivity contribution < 1.29 is 14.3 Å². The van der Waals surface area contributed by atoms with Gasteiger partial charge in [0.15, 0.2) is 0 Å². The molecule has 0 spiro atoms. The van der Waals surface area contributed by atoms with Crippen LogP contribution in [0.15, 0.2) is 35.9 Å². The van der Waals surface area contributed by atoms with Crippen molar-refractivity contribution in [1.29, 1.82) is 0 Å². The molecule has 0 radical (unpaired) electrons. The van der Waals surface area contributed by atoms with Crippen molar-refractivity contribution in [3.05, 3.63) is 46.5 Å². The molecule has 2 aliphatic heterocycles. The molecule has 1 saturated carbocycles. The van der Waals surface area contributed by atoms with Gasteiger partial charge >= 0.3 is 0 Å². The van der Waals surface area contributed by atoms with Crippen LogP contribution in [0.2, 0.25) is 5.02 Å². The fraction of sp³-hybridized carbons (Fsp3) is 0.400. The minimum Gasteiger partial charge on any atom is -0.488 e. The number of hydrogen-bond donors (Lipinski definition) is 0. The highest BCUT2D eigenvalue weighted by Crippen LogP contribution is 2.31. The monoisotopic (exact) mass is 372 g/mol. The maximum Gasteiger partial charge on any atom is 0.246 e. The fourth-order valence-corrected chi connectivity index (χ4v) is 3.46. The molecule has 4 rings (SSSR count). The van der Waals surface area contributed by atoms with Gasteiger partial charge in [0, 0.05) is 48.8 Å². The molecule has 2 amide bonds. The topological polar surface area (TPSA) is 49.9 Å². The van der Waals surface area contributed by atoms with Crippen LogP contribution >= 0.6 is 11.6 Å². The van der Waals surface area contributed by atoms with Gasteiger partial charge < -0.3 is 14.5 Å².